The summed E-state index contributed by atoms with van der Waals surface area (Å²) in [4.78, 5) is 2.38. The summed E-state index contributed by atoms with van der Waals surface area (Å²) in [5.74, 6) is 0. The summed E-state index contributed by atoms with van der Waals surface area (Å²) < 4.78 is 6.52. The summed E-state index contributed by atoms with van der Waals surface area (Å²) in [6, 6.07) is 6.64. The number of nitrogens with zero attached hydrogens (tertiary/aromatic N) is 1. The quantitative estimate of drug-likeness (QED) is 0.819. The van der Waals surface area contributed by atoms with Crippen LogP contribution in [-0.4, -0.2) is 26.3 Å². The molecule has 1 saturated heterocycles. The van der Waals surface area contributed by atoms with Crippen LogP contribution in [0, 0.1) is 0 Å². The Morgan fingerprint density at radius 3 is 2.67 bits per heavy atom. The molecule has 1 aliphatic heterocycles. The van der Waals surface area contributed by atoms with Crippen LogP contribution in [0.3, 0.4) is 0 Å². The highest BCUT2D eigenvalue weighted by molar-refractivity contribution is 9.10. The first kappa shape index (κ1) is 11.0. The molecular formula is C12H16BrNO. The van der Waals surface area contributed by atoms with E-state index in [1.807, 2.05) is 0 Å². The molecule has 0 aliphatic carbocycles. The summed E-state index contributed by atoms with van der Waals surface area (Å²) in [5.41, 5.74) is 2.69. The predicted octanol–water partition coefficient (Wildman–Crippen LogP) is 2.85. The molecule has 2 nitrogen and oxygen atoms in total. The van der Waals surface area contributed by atoms with Gasteiger partial charge in [0.1, 0.15) is 0 Å². The molecule has 1 heterocycles. The van der Waals surface area contributed by atoms with Crippen LogP contribution >= 0.6 is 15.9 Å². The number of halogens is 1. The van der Waals surface area contributed by atoms with Gasteiger partial charge >= 0.3 is 0 Å². The second-order valence-corrected chi connectivity index (χ2v) is 4.69. The molecule has 15 heavy (non-hydrogen) atoms. The third-order valence-corrected chi connectivity index (χ3v) is 3.18. The van der Waals surface area contributed by atoms with E-state index in [-0.39, 0.29) is 0 Å². The van der Waals surface area contributed by atoms with Gasteiger partial charge < -0.3 is 9.64 Å². The van der Waals surface area contributed by atoms with E-state index < -0.39 is 0 Å². The Morgan fingerprint density at radius 2 is 2.00 bits per heavy atom. The first-order valence-corrected chi connectivity index (χ1v) is 6.21. The Morgan fingerprint density at radius 1 is 1.27 bits per heavy atom. The van der Waals surface area contributed by atoms with E-state index in [1.54, 1.807) is 0 Å². The Kier molecular flexibility index (Phi) is 3.65. The molecule has 2 rings (SSSR count). The van der Waals surface area contributed by atoms with Crippen LogP contribution in [0.15, 0.2) is 22.7 Å². The number of anilines is 1. The van der Waals surface area contributed by atoms with Crippen molar-refractivity contribution in [3.8, 4) is 0 Å². The predicted molar refractivity (Wildman–Crippen MR) is 66.6 cm³/mol. The molecule has 0 saturated carbocycles. The van der Waals surface area contributed by atoms with Crippen molar-refractivity contribution in [3.63, 3.8) is 0 Å². The molecule has 3 heteroatoms. The minimum absolute atomic E-state index is 0.841. The van der Waals surface area contributed by atoms with Crippen molar-refractivity contribution in [1.29, 1.82) is 0 Å². The monoisotopic (exact) mass is 269 g/mol. The molecule has 0 atom stereocenters. The molecule has 0 N–H and O–H groups in total. The lowest BCUT2D eigenvalue weighted by Gasteiger charge is -2.29. The third kappa shape index (κ3) is 2.73. The van der Waals surface area contributed by atoms with Crippen LogP contribution in [0.1, 0.15) is 12.5 Å². The zero-order valence-corrected chi connectivity index (χ0v) is 10.6. The number of aryl methyl sites for hydroxylation is 1. The van der Waals surface area contributed by atoms with Gasteiger partial charge in [-0.15, -0.1) is 0 Å². The van der Waals surface area contributed by atoms with Crippen LogP contribution < -0.4 is 4.90 Å². The normalized spacial score (nSPS) is 16.8. The van der Waals surface area contributed by atoms with E-state index in [9.17, 15) is 0 Å². The van der Waals surface area contributed by atoms with E-state index in [4.69, 9.17) is 4.74 Å². The fourth-order valence-electron chi connectivity index (χ4n) is 1.84. The highest BCUT2D eigenvalue weighted by atomic mass is 79.9. The number of hydrogen-bond donors (Lipinski definition) is 0. The largest absolute Gasteiger partial charge is 0.378 e. The summed E-state index contributed by atoms with van der Waals surface area (Å²) in [6.45, 7) is 5.87. The maximum absolute atomic E-state index is 5.35. The summed E-state index contributed by atoms with van der Waals surface area (Å²) in [5, 5.41) is 0. The molecule has 0 radical (unpaired) electrons. The number of hydrogen-bond acceptors (Lipinski definition) is 2. The first-order chi connectivity index (χ1) is 7.29. The minimum atomic E-state index is 0.841. The maximum Gasteiger partial charge on any atom is 0.0642 e. The van der Waals surface area contributed by atoms with Gasteiger partial charge in [0.05, 0.1) is 13.2 Å². The van der Waals surface area contributed by atoms with Crippen molar-refractivity contribution in [3.05, 3.63) is 28.2 Å². The molecule has 1 fully saturated rings. The number of rotatable bonds is 2. The van der Waals surface area contributed by atoms with E-state index in [0.717, 1.165) is 32.7 Å². The van der Waals surface area contributed by atoms with E-state index in [1.165, 1.54) is 15.7 Å². The van der Waals surface area contributed by atoms with Crippen LogP contribution in [0.2, 0.25) is 0 Å². The molecule has 1 aliphatic rings. The van der Waals surface area contributed by atoms with Crippen LogP contribution in [0.4, 0.5) is 5.69 Å². The van der Waals surface area contributed by atoms with Crippen molar-refractivity contribution in [1.82, 2.24) is 0 Å². The average Bonchev–Trinajstić information content (AvgIpc) is 2.29. The molecule has 1 aromatic carbocycles. The SMILES string of the molecule is CCc1cc(Br)cc(N2CCOCC2)c1. The Hall–Kier alpha value is -0.540. The van der Waals surface area contributed by atoms with Crippen LogP contribution in [0.5, 0.6) is 0 Å². The highest BCUT2D eigenvalue weighted by Gasteiger charge is 2.11. The van der Waals surface area contributed by atoms with Gasteiger partial charge in [-0.2, -0.15) is 0 Å². The van der Waals surface area contributed by atoms with E-state index in [0.29, 0.717) is 0 Å². The molecule has 1 aromatic rings. The van der Waals surface area contributed by atoms with Gasteiger partial charge in [0.15, 0.2) is 0 Å². The third-order valence-electron chi connectivity index (χ3n) is 2.73. The number of benzene rings is 1. The summed E-state index contributed by atoms with van der Waals surface area (Å²) in [7, 11) is 0. The summed E-state index contributed by atoms with van der Waals surface area (Å²) >= 11 is 3.56. The van der Waals surface area contributed by atoms with Crippen LogP contribution in [0.25, 0.3) is 0 Å². The lowest BCUT2D eigenvalue weighted by atomic mass is 10.1. The molecule has 0 aromatic heterocycles. The van der Waals surface area contributed by atoms with Gasteiger partial charge in [-0.05, 0) is 30.2 Å². The second kappa shape index (κ2) is 4.99. The second-order valence-electron chi connectivity index (χ2n) is 3.77. The van der Waals surface area contributed by atoms with Crippen molar-refractivity contribution < 1.29 is 4.74 Å². The molecule has 82 valence electrons. The summed E-state index contributed by atoms with van der Waals surface area (Å²) in [6.07, 6.45) is 1.08. The van der Waals surface area contributed by atoms with E-state index >= 15 is 0 Å². The van der Waals surface area contributed by atoms with E-state index in [2.05, 4.69) is 46.0 Å². The Balaban J connectivity index is 2.22. The minimum Gasteiger partial charge on any atom is -0.378 e. The van der Waals surface area contributed by atoms with Crippen molar-refractivity contribution in [2.45, 2.75) is 13.3 Å². The standard InChI is InChI=1S/C12H16BrNO/c1-2-10-7-11(13)9-12(8-10)14-3-5-15-6-4-14/h7-9H,2-6H2,1H3. The van der Waals surface area contributed by atoms with Gasteiger partial charge in [-0.25, -0.2) is 0 Å². The van der Waals surface area contributed by atoms with Crippen molar-refractivity contribution >= 4 is 21.6 Å². The Bertz CT molecular complexity index is 334. The van der Waals surface area contributed by atoms with Gasteiger partial charge in [0.2, 0.25) is 0 Å². The molecular weight excluding hydrogens is 254 g/mol. The molecule has 0 bridgehead atoms. The Labute approximate surface area is 99.4 Å². The lowest BCUT2D eigenvalue weighted by molar-refractivity contribution is 0.122. The fourth-order valence-corrected chi connectivity index (χ4v) is 2.37. The fraction of sp³-hybridized carbons (Fsp3) is 0.500. The molecule has 0 unspecified atom stereocenters. The first-order valence-electron chi connectivity index (χ1n) is 5.42. The van der Waals surface area contributed by atoms with Crippen molar-refractivity contribution in [2.24, 2.45) is 0 Å². The topological polar surface area (TPSA) is 12.5 Å². The molecule has 0 amide bonds. The maximum atomic E-state index is 5.35. The van der Waals surface area contributed by atoms with Gasteiger partial charge in [0, 0.05) is 23.2 Å². The van der Waals surface area contributed by atoms with Gasteiger partial charge in [-0.3, -0.25) is 0 Å². The zero-order valence-electron chi connectivity index (χ0n) is 9.00. The average molecular weight is 270 g/mol. The zero-order chi connectivity index (χ0) is 10.7. The molecule has 0 spiro atoms. The number of ether oxygens (including phenoxy) is 1. The van der Waals surface area contributed by atoms with Gasteiger partial charge in [0.25, 0.3) is 0 Å². The van der Waals surface area contributed by atoms with Gasteiger partial charge in [-0.1, -0.05) is 22.9 Å². The lowest BCUT2D eigenvalue weighted by Crippen LogP contribution is -2.36. The van der Waals surface area contributed by atoms with Crippen molar-refractivity contribution in [2.75, 3.05) is 31.2 Å². The number of morpholine rings is 1. The van der Waals surface area contributed by atoms with Crippen LogP contribution in [-0.2, 0) is 11.2 Å². The highest BCUT2D eigenvalue weighted by Crippen LogP contribution is 2.23. The smallest absolute Gasteiger partial charge is 0.0642 e.